The first-order chi connectivity index (χ1) is 8.65. The van der Waals surface area contributed by atoms with E-state index in [0.29, 0.717) is 13.0 Å². The van der Waals surface area contributed by atoms with Crippen molar-refractivity contribution in [1.29, 1.82) is 0 Å². The Bertz CT molecular complexity index is 410. The number of rotatable bonds is 4. The molecular formula is C13H17ClN2OS. The van der Waals surface area contributed by atoms with E-state index in [1.54, 1.807) is 11.8 Å². The Labute approximate surface area is 117 Å². The lowest BCUT2D eigenvalue weighted by atomic mass is 10.3. The van der Waals surface area contributed by atoms with E-state index in [4.69, 9.17) is 17.3 Å². The number of thioether (sulfide) groups is 1. The summed E-state index contributed by atoms with van der Waals surface area (Å²) in [4.78, 5) is 14.9. The van der Waals surface area contributed by atoms with Gasteiger partial charge < -0.3 is 10.6 Å². The molecule has 0 spiro atoms. The van der Waals surface area contributed by atoms with Gasteiger partial charge in [-0.1, -0.05) is 11.6 Å². The third-order valence-electron chi connectivity index (χ3n) is 2.98. The molecule has 1 aromatic carbocycles. The fourth-order valence-corrected chi connectivity index (χ4v) is 2.93. The largest absolute Gasteiger partial charge is 0.341 e. The van der Waals surface area contributed by atoms with Crippen LogP contribution < -0.4 is 5.73 Å². The number of hydrogen-bond donors (Lipinski definition) is 1. The van der Waals surface area contributed by atoms with Crippen LogP contribution in [0.4, 0.5) is 0 Å². The van der Waals surface area contributed by atoms with Crippen molar-refractivity contribution >= 4 is 29.3 Å². The van der Waals surface area contributed by atoms with Crippen molar-refractivity contribution in [2.24, 2.45) is 5.73 Å². The monoisotopic (exact) mass is 284 g/mol. The zero-order valence-corrected chi connectivity index (χ0v) is 11.7. The molecule has 0 radical (unpaired) electrons. The van der Waals surface area contributed by atoms with Crippen molar-refractivity contribution < 1.29 is 4.79 Å². The van der Waals surface area contributed by atoms with Crippen LogP contribution in [-0.4, -0.2) is 35.7 Å². The van der Waals surface area contributed by atoms with Crippen LogP contribution in [0.25, 0.3) is 0 Å². The molecule has 1 atom stereocenters. The summed E-state index contributed by atoms with van der Waals surface area (Å²) in [7, 11) is 0. The molecule has 2 rings (SSSR count). The molecule has 1 saturated heterocycles. The van der Waals surface area contributed by atoms with Crippen LogP contribution in [0.5, 0.6) is 0 Å². The molecule has 1 fully saturated rings. The zero-order chi connectivity index (χ0) is 13.0. The third kappa shape index (κ3) is 3.90. The molecule has 1 amide bonds. The topological polar surface area (TPSA) is 46.3 Å². The fraction of sp³-hybridized carbons (Fsp3) is 0.462. The van der Waals surface area contributed by atoms with Gasteiger partial charge in [-0.05, 0) is 30.7 Å². The predicted octanol–water partition coefficient (Wildman–Crippen LogP) is 2.38. The standard InChI is InChI=1S/C13H17ClN2OS/c14-10-1-3-12(4-2-10)18-8-6-13(17)16-7-5-11(15)9-16/h1-4,11H,5-9,15H2/t11-/m1/s1. The molecule has 18 heavy (non-hydrogen) atoms. The minimum atomic E-state index is 0.165. The van der Waals surface area contributed by atoms with E-state index in [-0.39, 0.29) is 11.9 Å². The van der Waals surface area contributed by atoms with Gasteiger partial charge in [-0.2, -0.15) is 0 Å². The molecule has 5 heteroatoms. The number of benzene rings is 1. The van der Waals surface area contributed by atoms with Gasteiger partial charge in [0.15, 0.2) is 0 Å². The van der Waals surface area contributed by atoms with Crippen molar-refractivity contribution in [3.8, 4) is 0 Å². The normalized spacial score (nSPS) is 19.2. The summed E-state index contributed by atoms with van der Waals surface area (Å²) in [6.07, 6.45) is 1.50. The van der Waals surface area contributed by atoms with Crippen molar-refractivity contribution in [2.45, 2.75) is 23.8 Å². The third-order valence-corrected chi connectivity index (χ3v) is 4.24. The molecule has 98 valence electrons. The van der Waals surface area contributed by atoms with Gasteiger partial charge in [-0.3, -0.25) is 4.79 Å². The second-order valence-corrected chi connectivity index (χ2v) is 6.05. The maximum Gasteiger partial charge on any atom is 0.223 e. The Kier molecular flexibility index (Phi) is 4.92. The van der Waals surface area contributed by atoms with Crippen LogP contribution >= 0.6 is 23.4 Å². The summed E-state index contributed by atoms with van der Waals surface area (Å²) in [5.74, 6) is 1.01. The van der Waals surface area contributed by atoms with Gasteiger partial charge >= 0.3 is 0 Å². The van der Waals surface area contributed by atoms with Crippen LogP contribution in [0, 0.1) is 0 Å². The van der Waals surface area contributed by atoms with E-state index in [1.807, 2.05) is 29.2 Å². The van der Waals surface area contributed by atoms with E-state index in [9.17, 15) is 4.79 Å². The Balaban J connectivity index is 1.72. The minimum absolute atomic E-state index is 0.165. The maximum absolute atomic E-state index is 11.9. The van der Waals surface area contributed by atoms with Gasteiger partial charge in [0.05, 0.1) is 0 Å². The highest BCUT2D eigenvalue weighted by Gasteiger charge is 2.22. The highest BCUT2D eigenvalue weighted by Crippen LogP contribution is 2.21. The Hall–Kier alpha value is -0.710. The molecule has 0 saturated carbocycles. The molecule has 2 N–H and O–H groups in total. The van der Waals surface area contributed by atoms with E-state index >= 15 is 0 Å². The van der Waals surface area contributed by atoms with E-state index in [2.05, 4.69) is 0 Å². The highest BCUT2D eigenvalue weighted by atomic mass is 35.5. The summed E-state index contributed by atoms with van der Waals surface area (Å²) in [5.41, 5.74) is 5.79. The first-order valence-corrected chi connectivity index (χ1v) is 7.43. The summed E-state index contributed by atoms with van der Waals surface area (Å²) in [6, 6.07) is 7.85. The van der Waals surface area contributed by atoms with Crippen LogP contribution in [0.1, 0.15) is 12.8 Å². The molecule has 0 aromatic heterocycles. The van der Waals surface area contributed by atoms with Crippen molar-refractivity contribution in [2.75, 3.05) is 18.8 Å². The zero-order valence-electron chi connectivity index (χ0n) is 10.1. The number of halogens is 1. The first kappa shape index (κ1) is 13.7. The number of nitrogens with two attached hydrogens (primary N) is 1. The average Bonchev–Trinajstić information content (AvgIpc) is 2.78. The average molecular weight is 285 g/mol. The summed E-state index contributed by atoms with van der Waals surface area (Å²) in [6.45, 7) is 1.52. The van der Waals surface area contributed by atoms with Gasteiger partial charge in [0.2, 0.25) is 5.91 Å². The maximum atomic E-state index is 11.9. The molecule has 1 aromatic rings. The molecular weight excluding hydrogens is 268 g/mol. The van der Waals surface area contributed by atoms with E-state index < -0.39 is 0 Å². The van der Waals surface area contributed by atoms with Crippen LogP contribution in [0.15, 0.2) is 29.2 Å². The summed E-state index contributed by atoms with van der Waals surface area (Å²) < 4.78 is 0. The van der Waals surface area contributed by atoms with E-state index in [0.717, 1.165) is 28.6 Å². The number of hydrogen-bond acceptors (Lipinski definition) is 3. The smallest absolute Gasteiger partial charge is 0.223 e. The lowest BCUT2D eigenvalue weighted by Crippen LogP contribution is -2.31. The summed E-state index contributed by atoms with van der Waals surface area (Å²) >= 11 is 7.49. The molecule has 1 aliphatic heterocycles. The van der Waals surface area contributed by atoms with Crippen molar-refractivity contribution in [1.82, 2.24) is 4.90 Å². The molecule has 0 bridgehead atoms. The molecule has 1 heterocycles. The van der Waals surface area contributed by atoms with Gasteiger partial charge in [-0.25, -0.2) is 0 Å². The fourth-order valence-electron chi connectivity index (χ4n) is 1.96. The van der Waals surface area contributed by atoms with Gasteiger partial charge in [0.1, 0.15) is 0 Å². The molecule has 3 nitrogen and oxygen atoms in total. The van der Waals surface area contributed by atoms with Gasteiger partial charge in [0, 0.05) is 41.2 Å². The summed E-state index contributed by atoms with van der Waals surface area (Å²) in [5, 5.41) is 0.737. The SMILES string of the molecule is N[C@@H]1CCN(C(=O)CCSc2ccc(Cl)cc2)C1. The van der Waals surface area contributed by atoms with Crippen LogP contribution in [0.2, 0.25) is 5.02 Å². The second kappa shape index (κ2) is 6.45. The lowest BCUT2D eigenvalue weighted by Gasteiger charge is -2.15. The van der Waals surface area contributed by atoms with Gasteiger partial charge in [-0.15, -0.1) is 11.8 Å². The number of likely N-dealkylation sites (tertiary alicyclic amines) is 1. The molecule has 1 aliphatic rings. The molecule has 0 aliphatic carbocycles. The first-order valence-electron chi connectivity index (χ1n) is 6.07. The number of carbonyl (C=O) groups excluding carboxylic acids is 1. The lowest BCUT2D eigenvalue weighted by molar-refractivity contribution is -0.129. The second-order valence-electron chi connectivity index (χ2n) is 4.44. The predicted molar refractivity (Wildman–Crippen MR) is 76.0 cm³/mol. The van der Waals surface area contributed by atoms with Crippen LogP contribution in [0.3, 0.4) is 0 Å². The molecule has 0 unspecified atom stereocenters. The quantitative estimate of drug-likeness (QED) is 0.864. The van der Waals surface area contributed by atoms with Crippen LogP contribution in [-0.2, 0) is 4.79 Å². The Morgan fingerprint density at radius 2 is 2.17 bits per heavy atom. The van der Waals surface area contributed by atoms with Crippen molar-refractivity contribution in [3.63, 3.8) is 0 Å². The number of carbonyl (C=O) groups is 1. The van der Waals surface area contributed by atoms with Crippen molar-refractivity contribution in [3.05, 3.63) is 29.3 Å². The van der Waals surface area contributed by atoms with E-state index in [1.165, 1.54) is 0 Å². The minimum Gasteiger partial charge on any atom is -0.341 e. The number of nitrogens with zero attached hydrogens (tertiary/aromatic N) is 1. The number of amides is 1. The highest BCUT2D eigenvalue weighted by molar-refractivity contribution is 7.99. The van der Waals surface area contributed by atoms with Gasteiger partial charge in [0.25, 0.3) is 0 Å². The Morgan fingerprint density at radius 1 is 1.44 bits per heavy atom. The Morgan fingerprint density at radius 3 is 2.78 bits per heavy atom.